The lowest BCUT2D eigenvalue weighted by molar-refractivity contribution is 1.04. The summed E-state index contributed by atoms with van der Waals surface area (Å²) in [4.78, 5) is 3.98. The van der Waals surface area contributed by atoms with E-state index in [1.165, 1.54) is 6.21 Å². The Morgan fingerprint density at radius 2 is 2.38 bits per heavy atom. The molecule has 0 fully saturated rings. The second-order valence-corrected chi connectivity index (χ2v) is 2.69. The minimum Gasteiger partial charge on any atom is -0.397 e. The minimum atomic E-state index is 0.117. The molecule has 13 heavy (non-hydrogen) atoms. The molecule has 0 radical (unpaired) electrons. The number of nitrogens with zero attached hydrogens (tertiary/aromatic N) is 2. The van der Waals surface area contributed by atoms with Crippen LogP contribution in [0.15, 0.2) is 23.4 Å². The monoisotopic (exact) mass is 195 g/mol. The molecule has 5 N–H and O–H groups in total. The number of hydrogen-bond donors (Lipinski definition) is 3. The van der Waals surface area contributed by atoms with Gasteiger partial charge in [-0.25, -0.2) is 0 Å². The summed E-state index contributed by atoms with van der Waals surface area (Å²) in [5, 5.41) is 3.84. The van der Waals surface area contributed by atoms with Gasteiger partial charge in [0.15, 0.2) is 5.11 Å². The first-order valence-electron chi connectivity index (χ1n) is 3.48. The first-order valence-corrected chi connectivity index (χ1v) is 3.89. The van der Waals surface area contributed by atoms with E-state index < -0.39 is 0 Å². The summed E-state index contributed by atoms with van der Waals surface area (Å²) in [6.07, 6.45) is 3.04. The quantitative estimate of drug-likeness (QED) is 0.346. The number of nitrogen functional groups attached to an aromatic ring is 1. The van der Waals surface area contributed by atoms with Crippen molar-refractivity contribution < 1.29 is 0 Å². The predicted molar refractivity (Wildman–Crippen MR) is 56.2 cm³/mol. The predicted octanol–water partition coefficient (Wildman–Crippen LogP) is -0.169. The van der Waals surface area contributed by atoms with E-state index in [2.05, 4.69) is 27.7 Å². The van der Waals surface area contributed by atoms with Crippen LogP contribution < -0.4 is 16.9 Å². The maximum atomic E-state index is 5.44. The Kier molecular flexibility index (Phi) is 3.15. The third-order valence-electron chi connectivity index (χ3n) is 1.18. The Hall–Kier alpha value is -1.69. The topological polar surface area (TPSA) is 89.3 Å². The van der Waals surface area contributed by atoms with Crippen LogP contribution in [0, 0.1) is 0 Å². The molecule has 1 aromatic rings. The van der Waals surface area contributed by atoms with Crippen LogP contribution in [0.1, 0.15) is 5.69 Å². The molecule has 0 bridgehead atoms. The minimum absolute atomic E-state index is 0.117. The Morgan fingerprint density at radius 1 is 1.62 bits per heavy atom. The molecular weight excluding hydrogens is 186 g/mol. The average molecular weight is 195 g/mol. The van der Waals surface area contributed by atoms with Gasteiger partial charge in [-0.3, -0.25) is 10.4 Å². The van der Waals surface area contributed by atoms with E-state index in [1.807, 2.05) is 0 Å². The van der Waals surface area contributed by atoms with Crippen molar-refractivity contribution >= 4 is 29.2 Å². The van der Waals surface area contributed by atoms with Crippen molar-refractivity contribution in [3.05, 3.63) is 24.0 Å². The van der Waals surface area contributed by atoms with Crippen molar-refractivity contribution in [3.8, 4) is 0 Å². The van der Waals surface area contributed by atoms with Gasteiger partial charge in [0.2, 0.25) is 0 Å². The van der Waals surface area contributed by atoms with Gasteiger partial charge >= 0.3 is 0 Å². The van der Waals surface area contributed by atoms with Gasteiger partial charge in [-0.05, 0) is 24.4 Å². The molecule has 0 aliphatic heterocycles. The highest BCUT2D eigenvalue weighted by Gasteiger charge is 1.88. The van der Waals surface area contributed by atoms with Crippen molar-refractivity contribution in [2.45, 2.75) is 0 Å². The van der Waals surface area contributed by atoms with Crippen LogP contribution in [0.3, 0.4) is 0 Å². The van der Waals surface area contributed by atoms with Crippen molar-refractivity contribution in [2.75, 3.05) is 5.73 Å². The van der Waals surface area contributed by atoms with Crippen LogP contribution in [0.2, 0.25) is 0 Å². The molecule has 0 aromatic carbocycles. The molecule has 0 amide bonds. The lowest BCUT2D eigenvalue weighted by Gasteiger charge is -1.94. The van der Waals surface area contributed by atoms with E-state index in [0.29, 0.717) is 11.4 Å². The van der Waals surface area contributed by atoms with Gasteiger partial charge in [-0.2, -0.15) is 5.10 Å². The van der Waals surface area contributed by atoms with E-state index in [9.17, 15) is 0 Å². The van der Waals surface area contributed by atoms with Crippen molar-refractivity contribution in [3.63, 3.8) is 0 Å². The number of thiocarbonyl (C=S) groups is 1. The van der Waals surface area contributed by atoms with Crippen LogP contribution in [0.25, 0.3) is 0 Å². The summed E-state index contributed by atoms with van der Waals surface area (Å²) in [7, 11) is 0. The average Bonchev–Trinajstić information content (AvgIpc) is 2.08. The van der Waals surface area contributed by atoms with Crippen molar-refractivity contribution in [2.24, 2.45) is 10.8 Å². The van der Waals surface area contributed by atoms with Crippen molar-refractivity contribution in [1.82, 2.24) is 10.4 Å². The number of hydrazone groups is 1. The van der Waals surface area contributed by atoms with E-state index in [-0.39, 0.29) is 5.11 Å². The zero-order valence-corrected chi connectivity index (χ0v) is 7.58. The molecule has 0 saturated carbocycles. The molecule has 0 unspecified atom stereocenters. The van der Waals surface area contributed by atoms with Crippen LogP contribution >= 0.6 is 12.2 Å². The fourth-order valence-corrected chi connectivity index (χ4v) is 0.708. The molecule has 1 heterocycles. The normalized spacial score (nSPS) is 10.2. The highest BCUT2D eigenvalue weighted by Crippen LogP contribution is 1.97. The van der Waals surface area contributed by atoms with Crippen molar-refractivity contribution in [1.29, 1.82) is 0 Å². The summed E-state index contributed by atoms with van der Waals surface area (Å²) in [5.74, 6) is 0. The van der Waals surface area contributed by atoms with Gasteiger partial charge < -0.3 is 11.5 Å². The van der Waals surface area contributed by atoms with Gasteiger partial charge in [0.05, 0.1) is 23.8 Å². The molecule has 0 atom stereocenters. The fraction of sp³-hybridized carbons (Fsp3) is 0. The smallest absolute Gasteiger partial charge is 0.184 e. The molecule has 0 saturated heterocycles. The Balaban J connectivity index is 2.59. The fourth-order valence-electron chi connectivity index (χ4n) is 0.655. The van der Waals surface area contributed by atoms with Crippen LogP contribution in [0.4, 0.5) is 5.69 Å². The maximum absolute atomic E-state index is 5.44. The molecule has 0 aliphatic rings. The summed E-state index contributed by atoms with van der Waals surface area (Å²) in [6, 6.07) is 3.47. The summed E-state index contributed by atoms with van der Waals surface area (Å²) in [5.41, 5.74) is 14.3. The Bertz CT molecular complexity index is 318. The van der Waals surface area contributed by atoms with E-state index >= 15 is 0 Å². The Morgan fingerprint density at radius 3 is 2.92 bits per heavy atom. The Labute approximate surface area is 80.8 Å². The van der Waals surface area contributed by atoms with Gasteiger partial charge in [0.25, 0.3) is 0 Å². The molecule has 6 heteroatoms. The largest absolute Gasteiger partial charge is 0.397 e. The zero-order chi connectivity index (χ0) is 9.68. The number of hydrogen-bond acceptors (Lipinski definition) is 4. The third-order valence-corrected chi connectivity index (χ3v) is 1.27. The number of nitrogens with one attached hydrogen (secondary N) is 1. The van der Waals surface area contributed by atoms with Gasteiger partial charge in [-0.15, -0.1) is 0 Å². The molecule has 0 spiro atoms. The summed E-state index contributed by atoms with van der Waals surface area (Å²) >= 11 is 4.54. The second kappa shape index (κ2) is 4.36. The number of pyridine rings is 1. The standard InChI is InChI=1S/C7H9N5S/c8-5-1-2-6(10-3-5)4-11-12-7(9)13/h1-4H,8H2,(H3,9,12,13)/b11-4-. The maximum Gasteiger partial charge on any atom is 0.184 e. The van der Waals surface area contributed by atoms with E-state index in [0.717, 1.165) is 0 Å². The van der Waals surface area contributed by atoms with Gasteiger partial charge in [0.1, 0.15) is 0 Å². The summed E-state index contributed by atoms with van der Waals surface area (Å²) < 4.78 is 0. The SMILES string of the molecule is NC(=S)N/N=C\c1ccc(N)cn1. The van der Waals surface area contributed by atoms with E-state index in [4.69, 9.17) is 11.5 Å². The number of aromatic nitrogens is 1. The van der Waals surface area contributed by atoms with E-state index in [1.54, 1.807) is 18.3 Å². The summed E-state index contributed by atoms with van der Waals surface area (Å²) in [6.45, 7) is 0. The molecular formula is C7H9N5S. The highest BCUT2D eigenvalue weighted by atomic mass is 32.1. The number of anilines is 1. The third kappa shape index (κ3) is 3.48. The molecule has 1 aromatic heterocycles. The second-order valence-electron chi connectivity index (χ2n) is 2.25. The molecule has 5 nitrogen and oxygen atoms in total. The molecule has 68 valence electrons. The first-order chi connectivity index (χ1) is 6.18. The van der Waals surface area contributed by atoms with Crippen LogP contribution in [0.5, 0.6) is 0 Å². The first kappa shape index (κ1) is 9.40. The van der Waals surface area contributed by atoms with Crippen LogP contribution in [-0.4, -0.2) is 16.3 Å². The van der Waals surface area contributed by atoms with Crippen LogP contribution in [-0.2, 0) is 0 Å². The molecule has 0 aliphatic carbocycles. The number of nitrogens with two attached hydrogens (primary N) is 2. The lowest BCUT2D eigenvalue weighted by Crippen LogP contribution is -2.24. The highest BCUT2D eigenvalue weighted by molar-refractivity contribution is 7.80. The molecule has 1 rings (SSSR count). The van der Waals surface area contributed by atoms with Gasteiger partial charge in [-0.1, -0.05) is 0 Å². The zero-order valence-electron chi connectivity index (χ0n) is 6.77. The lowest BCUT2D eigenvalue weighted by atomic mass is 10.3. The number of rotatable bonds is 2. The van der Waals surface area contributed by atoms with Gasteiger partial charge in [0, 0.05) is 0 Å².